The average molecular weight is 241 g/mol. The van der Waals surface area contributed by atoms with E-state index in [2.05, 4.69) is 15.5 Å². The van der Waals surface area contributed by atoms with Crippen molar-refractivity contribution in [2.75, 3.05) is 39.4 Å². The third-order valence-corrected chi connectivity index (χ3v) is 3.48. The van der Waals surface area contributed by atoms with Crippen LogP contribution < -0.4 is 10.6 Å². The number of amides is 2. The molecule has 1 saturated heterocycles. The highest BCUT2D eigenvalue weighted by molar-refractivity contribution is 5.74. The number of urea groups is 1. The van der Waals surface area contributed by atoms with E-state index in [1.165, 1.54) is 6.42 Å². The molecular weight excluding hydrogens is 218 g/mol. The number of carbonyl (C=O) groups is 1. The zero-order valence-corrected chi connectivity index (χ0v) is 10.4. The fraction of sp³-hybridized carbons (Fsp3) is 0.917. The van der Waals surface area contributed by atoms with Gasteiger partial charge in [0.05, 0.1) is 13.2 Å². The molecule has 0 bridgehead atoms. The Bertz CT molecular complexity index is 238. The van der Waals surface area contributed by atoms with E-state index < -0.39 is 0 Å². The smallest absolute Gasteiger partial charge is 0.315 e. The Balaban J connectivity index is 1.45. The van der Waals surface area contributed by atoms with Crippen LogP contribution in [0.5, 0.6) is 0 Å². The Morgan fingerprint density at radius 1 is 1.29 bits per heavy atom. The molecule has 98 valence electrons. The van der Waals surface area contributed by atoms with Gasteiger partial charge in [0.25, 0.3) is 0 Å². The molecule has 2 aliphatic rings. The van der Waals surface area contributed by atoms with Gasteiger partial charge in [-0.2, -0.15) is 0 Å². The summed E-state index contributed by atoms with van der Waals surface area (Å²) in [6.07, 6.45) is 4.54. The third-order valence-electron chi connectivity index (χ3n) is 3.48. The Hall–Kier alpha value is -0.810. The van der Waals surface area contributed by atoms with Gasteiger partial charge in [0.15, 0.2) is 0 Å². The zero-order chi connectivity index (χ0) is 11.9. The van der Waals surface area contributed by atoms with Crippen molar-refractivity contribution in [2.45, 2.75) is 31.7 Å². The maximum Gasteiger partial charge on any atom is 0.315 e. The molecule has 0 atom stereocenters. The van der Waals surface area contributed by atoms with Gasteiger partial charge < -0.3 is 15.4 Å². The number of ether oxygens (including phenoxy) is 1. The number of nitrogens with zero attached hydrogens (tertiary/aromatic N) is 1. The molecule has 5 heteroatoms. The van der Waals surface area contributed by atoms with Crippen molar-refractivity contribution >= 4 is 6.03 Å². The second kappa shape index (κ2) is 6.81. The van der Waals surface area contributed by atoms with Gasteiger partial charge in [-0.3, -0.25) is 4.90 Å². The standard InChI is InChI=1S/C12H23N3O2/c16-12(14-11-3-1-4-11)13-5-2-6-15-7-9-17-10-8-15/h11H,1-10H2,(H2,13,14,16). The van der Waals surface area contributed by atoms with Crippen molar-refractivity contribution in [1.29, 1.82) is 0 Å². The van der Waals surface area contributed by atoms with E-state index in [4.69, 9.17) is 4.74 Å². The van der Waals surface area contributed by atoms with Crippen molar-refractivity contribution in [3.05, 3.63) is 0 Å². The first-order valence-electron chi connectivity index (χ1n) is 6.69. The van der Waals surface area contributed by atoms with Crippen LogP contribution in [0.1, 0.15) is 25.7 Å². The first-order valence-corrected chi connectivity index (χ1v) is 6.69. The van der Waals surface area contributed by atoms with Gasteiger partial charge in [0, 0.05) is 25.7 Å². The van der Waals surface area contributed by atoms with E-state index in [1.54, 1.807) is 0 Å². The summed E-state index contributed by atoms with van der Waals surface area (Å²) < 4.78 is 5.29. The molecular formula is C12H23N3O2. The Morgan fingerprint density at radius 2 is 2.06 bits per heavy atom. The number of rotatable bonds is 5. The SMILES string of the molecule is O=C(NCCCN1CCOCC1)NC1CCC1. The van der Waals surface area contributed by atoms with Crippen LogP contribution in [0, 0.1) is 0 Å². The van der Waals surface area contributed by atoms with Crippen LogP contribution in [0.3, 0.4) is 0 Å². The lowest BCUT2D eigenvalue weighted by Crippen LogP contribution is -2.46. The summed E-state index contributed by atoms with van der Waals surface area (Å²) in [5.74, 6) is 0. The van der Waals surface area contributed by atoms with Crippen LogP contribution >= 0.6 is 0 Å². The molecule has 0 spiro atoms. The highest BCUT2D eigenvalue weighted by Crippen LogP contribution is 2.17. The molecule has 5 nitrogen and oxygen atoms in total. The predicted molar refractivity (Wildman–Crippen MR) is 66.0 cm³/mol. The van der Waals surface area contributed by atoms with Crippen molar-refractivity contribution < 1.29 is 9.53 Å². The van der Waals surface area contributed by atoms with Gasteiger partial charge in [-0.05, 0) is 32.2 Å². The number of carbonyl (C=O) groups excluding carboxylic acids is 1. The van der Waals surface area contributed by atoms with Crippen LogP contribution in [0.2, 0.25) is 0 Å². The molecule has 1 aliphatic heterocycles. The average Bonchev–Trinajstić information content (AvgIpc) is 2.31. The van der Waals surface area contributed by atoms with Crippen molar-refractivity contribution in [1.82, 2.24) is 15.5 Å². The van der Waals surface area contributed by atoms with Gasteiger partial charge in [-0.25, -0.2) is 4.79 Å². The highest BCUT2D eigenvalue weighted by Gasteiger charge is 2.18. The van der Waals surface area contributed by atoms with E-state index in [9.17, 15) is 4.79 Å². The molecule has 2 amide bonds. The minimum Gasteiger partial charge on any atom is -0.379 e. The third kappa shape index (κ3) is 4.52. The van der Waals surface area contributed by atoms with Crippen molar-refractivity contribution in [3.8, 4) is 0 Å². The van der Waals surface area contributed by atoms with Crippen LogP contribution in [-0.4, -0.2) is 56.4 Å². The molecule has 17 heavy (non-hydrogen) atoms. The van der Waals surface area contributed by atoms with Crippen LogP contribution in [0.4, 0.5) is 4.79 Å². The Morgan fingerprint density at radius 3 is 2.71 bits per heavy atom. The summed E-state index contributed by atoms with van der Waals surface area (Å²) in [5.41, 5.74) is 0. The summed E-state index contributed by atoms with van der Waals surface area (Å²) in [5, 5.41) is 5.88. The van der Waals surface area contributed by atoms with Gasteiger partial charge in [-0.15, -0.1) is 0 Å². The molecule has 0 radical (unpaired) electrons. The number of morpholine rings is 1. The normalized spacial score (nSPS) is 21.9. The lowest BCUT2D eigenvalue weighted by Gasteiger charge is -2.27. The summed E-state index contributed by atoms with van der Waals surface area (Å²) in [7, 11) is 0. The van der Waals surface area contributed by atoms with Gasteiger partial charge in [0.1, 0.15) is 0 Å². The second-order valence-corrected chi connectivity index (χ2v) is 4.84. The number of hydrogen-bond acceptors (Lipinski definition) is 3. The molecule has 1 aliphatic carbocycles. The Kier molecular flexibility index (Phi) is 5.07. The van der Waals surface area contributed by atoms with Crippen molar-refractivity contribution in [2.24, 2.45) is 0 Å². The van der Waals surface area contributed by atoms with Crippen molar-refractivity contribution in [3.63, 3.8) is 0 Å². The first-order chi connectivity index (χ1) is 8.34. The zero-order valence-electron chi connectivity index (χ0n) is 10.4. The Labute approximate surface area is 103 Å². The maximum absolute atomic E-state index is 11.4. The first kappa shape index (κ1) is 12.6. The van der Waals surface area contributed by atoms with Crippen LogP contribution in [-0.2, 0) is 4.74 Å². The lowest BCUT2D eigenvalue weighted by atomic mass is 9.93. The van der Waals surface area contributed by atoms with Crippen LogP contribution in [0.15, 0.2) is 0 Å². The summed E-state index contributed by atoms with van der Waals surface area (Å²) in [6.45, 7) is 5.54. The van der Waals surface area contributed by atoms with E-state index in [1.807, 2.05) is 0 Å². The largest absolute Gasteiger partial charge is 0.379 e. The molecule has 1 saturated carbocycles. The quantitative estimate of drug-likeness (QED) is 0.692. The monoisotopic (exact) mass is 241 g/mol. The molecule has 0 aromatic carbocycles. The van der Waals surface area contributed by atoms with E-state index in [0.717, 1.165) is 58.7 Å². The number of hydrogen-bond donors (Lipinski definition) is 2. The molecule has 2 rings (SSSR count). The molecule has 2 fully saturated rings. The van der Waals surface area contributed by atoms with Gasteiger partial charge >= 0.3 is 6.03 Å². The molecule has 0 aromatic heterocycles. The molecule has 2 N–H and O–H groups in total. The minimum atomic E-state index is -0.00308. The fourth-order valence-electron chi connectivity index (χ4n) is 2.12. The number of nitrogens with one attached hydrogen (secondary N) is 2. The van der Waals surface area contributed by atoms with Gasteiger partial charge in [-0.1, -0.05) is 0 Å². The van der Waals surface area contributed by atoms with E-state index in [0.29, 0.717) is 6.04 Å². The molecule has 0 unspecified atom stereocenters. The minimum absolute atomic E-state index is 0.00308. The summed E-state index contributed by atoms with van der Waals surface area (Å²) in [4.78, 5) is 13.8. The summed E-state index contributed by atoms with van der Waals surface area (Å²) in [6, 6.07) is 0.422. The lowest BCUT2D eigenvalue weighted by molar-refractivity contribution is 0.0375. The maximum atomic E-state index is 11.4. The predicted octanol–water partition coefficient (Wildman–Crippen LogP) is 0.560. The molecule has 0 aromatic rings. The van der Waals surface area contributed by atoms with E-state index >= 15 is 0 Å². The summed E-state index contributed by atoms with van der Waals surface area (Å²) >= 11 is 0. The van der Waals surface area contributed by atoms with Gasteiger partial charge in [0.2, 0.25) is 0 Å². The fourth-order valence-corrected chi connectivity index (χ4v) is 2.12. The topological polar surface area (TPSA) is 53.6 Å². The van der Waals surface area contributed by atoms with E-state index in [-0.39, 0.29) is 6.03 Å². The van der Waals surface area contributed by atoms with Crippen LogP contribution in [0.25, 0.3) is 0 Å². The highest BCUT2D eigenvalue weighted by atomic mass is 16.5. The molecule has 1 heterocycles. The second-order valence-electron chi connectivity index (χ2n) is 4.84.